The summed E-state index contributed by atoms with van der Waals surface area (Å²) in [6.45, 7) is 0.635. The summed E-state index contributed by atoms with van der Waals surface area (Å²) < 4.78 is 10.7. The highest BCUT2D eigenvalue weighted by molar-refractivity contribution is 5.79. The van der Waals surface area contributed by atoms with Crippen molar-refractivity contribution in [3.05, 3.63) is 95.6 Å². The molecule has 0 fully saturated rings. The standard InChI is InChI=1S/C26H26N2O4/c27-24(25(29)31-16-18-8-2-1-3-9-18)14-15-28-26(30)32-17-23-21-12-6-4-10-19(21)20-11-5-7-13-22(20)23/h1-13,23-24H,14-17,27H2,(H,28,30). The molecule has 1 amide bonds. The van der Waals surface area contributed by atoms with E-state index in [4.69, 9.17) is 15.2 Å². The Morgan fingerprint density at radius 1 is 0.844 bits per heavy atom. The highest BCUT2D eigenvalue weighted by atomic mass is 16.5. The number of alkyl carbamates (subject to hydrolysis) is 1. The second-order valence-electron chi connectivity index (χ2n) is 7.74. The van der Waals surface area contributed by atoms with Crippen molar-refractivity contribution in [2.45, 2.75) is 25.0 Å². The van der Waals surface area contributed by atoms with Crippen LogP contribution in [0.15, 0.2) is 78.9 Å². The minimum atomic E-state index is -0.812. The molecular formula is C26H26N2O4. The monoisotopic (exact) mass is 430 g/mol. The summed E-state index contributed by atoms with van der Waals surface area (Å²) in [6, 6.07) is 24.9. The predicted octanol–water partition coefficient (Wildman–Crippen LogP) is 3.99. The number of hydrogen-bond donors (Lipinski definition) is 2. The summed E-state index contributed by atoms with van der Waals surface area (Å²) in [5.41, 5.74) is 11.4. The van der Waals surface area contributed by atoms with Crippen molar-refractivity contribution in [3.63, 3.8) is 0 Å². The van der Waals surface area contributed by atoms with Gasteiger partial charge in [0.2, 0.25) is 0 Å². The first-order chi connectivity index (χ1) is 15.6. The fourth-order valence-corrected chi connectivity index (χ4v) is 3.93. The SMILES string of the molecule is NC(CCNC(=O)OCC1c2ccccc2-c2ccccc21)C(=O)OCc1ccccc1. The van der Waals surface area contributed by atoms with Crippen molar-refractivity contribution in [1.82, 2.24) is 5.32 Å². The molecular weight excluding hydrogens is 404 g/mol. The first-order valence-corrected chi connectivity index (χ1v) is 10.7. The van der Waals surface area contributed by atoms with Gasteiger partial charge in [-0.15, -0.1) is 0 Å². The van der Waals surface area contributed by atoms with Crippen LogP contribution in [0.1, 0.15) is 29.0 Å². The van der Waals surface area contributed by atoms with Crippen LogP contribution < -0.4 is 11.1 Å². The number of fused-ring (bicyclic) bond motifs is 3. The smallest absolute Gasteiger partial charge is 0.407 e. The average Bonchev–Trinajstić information content (AvgIpc) is 3.15. The van der Waals surface area contributed by atoms with E-state index < -0.39 is 18.1 Å². The minimum Gasteiger partial charge on any atom is -0.460 e. The van der Waals surface area contributed by atoms with Gasteiger partial charge < -0.3 is 20.5 Å². The molecule has 6 nitrogen and oxygen atoms in total. The number of carbonyl (C=O) groups excluding carboxylic acids is 2. The molecule has 1 unspecified atom stereocenters. The lowest BCUT2D eigenvalue weighted by molar-refractivity contribution is -0.146. The third-order valence-corrected chi connectivity index (χ3v) is 5.60. The summed E-state index contributed by atoms with van der Waals surface area (Å²) in [5.74, 6) is -0.494. The number of nitrogens with one attached hydrogen (secondary N) is 1. The summed E-state index contributed by atoms with van der Waals surface area (Å²) in [4.78, 5) is 24.2. The number of esters is 1. The predicted molar refractivity (Wildman–Crippen MR) is 122 cm³/mol. The van der Waals surface area contributed by atoms with E-state index in [0.29, 0.717) is 0 Å². The van der Waals surface area contributed by atoms with E-state index in [1.165, 1.54) is 11.1 Å². The van der Waals surface area contributed by atoms with Gasteiger partial charge in [-0.25, -0.2) is 4.79 Å². The molecule has 1 aliphatic carbocycles. The Labute approximate surface area is 187 Å². The quantitative estimate of drug-likeness (QED) is 0.528. The lowest BCUT2D eigenvalue weighted by atomic mass is 9.98. The van der Waals surface area contributed by atoms with Crippen LogP contribution in [0.2, 0.25) is 0 Å². The molecule has 4 rings (SSSR count). The van der Waals surface area contributed by atoms with Crippen LogP contribution in [-0.4, -0.2) is 31.3 Å². The molecule has 0 saturated carbocycles. The Morgan fingerprint density at radius 3 is 2.09 bits per heavy atom. The molecule has 164 valence electrons. The van der Waals surface area contributed by atoms with Crippen molar-refractivity contribution >= 4 is 12.1 Å². The van der Waals surface area contributed by atoms with Gasteiger partial charge in [0.1, 0.15) is 19.3 Å². The fourth-order valence-electron chi connectivity index (χ4n) is 3.93. The summed E-state index contributed by atoms with van der Waals surface area (Å²) in [6.07, 6.45) is -0.269. The summed E-state index contributed by atoms with van der Waals surface area (Å²) in [7, 11) is 0. The normalized spacial score (nSPS) is 13.0. The van der Waals surface area contributed by atoms with Gasteiger partial charge in [0, 0.05) is 12.5 Å². The van der Waals surface area contributed by atoms with Crippen LogP contribution in [0.5, 0.6) is 0 Å². The van der Waals surface area contributed by atoms with Gasteiger partial charge in [0.05, 0.1) is 0 Å². The molecule has 0 heterocycles. The van der Waals surface area contributed by atoms with E-state index in [1.54, 1.807) is 0 Å². The Bertz CT molecular complexity index is 1040. The van der Waals surface area contributed by atoms with Gasteiger partial charge in [-0.05, 0) is 34.2 Å². The van der Waals surface area contributed by atoms with E-state index >= 15 is 0 Å². The molecule has 0 aromatic heterocycles. The van der Waals surface area contributed by atoms with Gasteiger partial charge in [0.25, 0.3) is 0 Å². The molecule has 0 bridgehead atoms. The van der Waals surface area contributed by atoms with Gasteiger partial charge in [0.15, 0.2) is 0 Å². The van der Waals surface area contributed by atoms with Crippen LogP contribution in [0, 0.1) is 0 Å². The number of ether oxygens (including phenoxy) is 2. The number of nitrogens with two attached hydrogens (primary N) is 1. The van der Waals surface area contributed by atoms with Crippen molar-refractivity contribution in [2.75, 3.05) is 13.2 Å². The van der Waals surface area contributed by atoms with E-state index in [2.05, 4.69) is 29.6 Å². The summed E-state index contributed by atoms with van der Waals surface area (Å²) in [5, 5.41) is 2.67. The zero-order valence-electron chi connectivity index (χ0n) is 17.7. The van der Waals surface area contributed by atoms with Crippen molar-refractivity contribution < 1.29 is 19.1 Å². The van der Waals surface area contributed by atoms with Crippen molar-refractivity contribution in [1.29, 1.82) is 0 Å². The van der Waals surface area contributed by atoms with E-state index in [1.807, 2.05) is 54.6 Å². The molecule has 3 aromatic rings. The largest absolute Gasteiger partial charge is 0.460 e. The number of amides is 1. The van der Waals surface area contributed by atoms with Crippen molar-refractivity contribution in [2.24, 2.45) is 5.73 Å². The molecule has 1 atom stereocenters. The summed E-state index contributed by atoms with van der Waals surface area (Å²) >= 11 is 0. The van der Waals surface area contributed by atoms with E-state index in [-0.39, 0.29) is 32.1 Å². The van der Waals surface area contributed by atoms with E-state index in [9.17, 15) is 9.59 Å². The molecule has 1 aliphatic rings. The minimum absolute atomic E-state index is 0.00312. The third kappa shape index (κ3) is 4.98. The Balaban J connectivity index is 1.22. The first kappa shape index (κ1) is 21.6. The Kier molecular flexibility index (Phi) is 6.82. The molecule has 32 heavy (non-hydrogen) atoms. The molecule has 3 N–H and O–H groups in total. The molecule has 0 radical (unpaired) electrons. The third-order valence-electron chi connectivity index (χ3n) is 5.60. The zero-order valence-corrected chi connectivity index (χ0v) is 17.7. The van der Waals surface area contributed by atoms with E-state index in [0.717, 1.165) is 16.7 Å². The molecule has 0 spiro atoms. The number of benzene rings is 3. The Morgan fingerprint density at radius 2 is 1.44 bits per heavy atom. The van der Waals surface area contributed by atoms with Gasteiger partial charge in [-0.2, -0.15) is 0 Å². The highest BCUT2D eigenvalue weighted by Crippen LogP contribution is 2.44. The van der Waals surface area contributed by atoms with Gasteiger partial charge in [-0.3, -0.25) is 4.79 Å². The fraction of sp³-hybridized carbons (Fsp3) is 0.231. The zero-order chi connectivity index (χ0) is 22.3. The average molecular weight is 431 g/mol. The number of rotatable bonds is 8. The first-order valence-electron chi connectivity index (χ1n) is 10.7. The van der Waals surface area contributed by atoms with Crippen molar-refractivity contribution in [3.8, 4) is 11.1 Å². The molecule has 0 aliphatic heterocycles. The number of hydrogen-bond acceptors (Lipinski definition) is 5. The second-order valence-corrected chi connectivity index (χ2v) is 7.74. The lowest BCUT2D eigenvalue weighted by Crippen LogP contribution is -2.37. The second kappa shape index (κ2) is 10.1. The van der Waals surface area contributed by atoms with Gasteiger partial charge >= 0.3 is 12.1 Å². The maximum Gasteiger partial charge on any atom is 0.407 e. The van der Waals surface area contributed by atoms with Crippen LogP contribution in [0.25, 0.3) is 11.1 Å². The van der Waals surface area contributed by atoms with Crippen LogP contribution in [-0.2, 0) is 20.9 Å². The highest BCUT2D eigenvalue weighted by Gasteiger charge is 2.29. The Hall–Kier alpha value is -3.64. The van der Waals surface area contributed by atoms with Gasteiger partial charge in [-0.1, -0.05) is 78.9 Å². The maximum atomic E-state index is 12.2. The van der Waals surface area contributed by atoms with Crippen LogP contribution >= 0.6 is 0 Å². The van der Waals surface area contributed by atoms with Crippen LogP contribution in [0.4, 0.5) is 4.79 Å². The topological polar surface area (TPSA) is 90.6 Å². The molecule has 6 heteroatoms. The number of carbonyl (C=O) groups is 2. The maximum absolute atomic E-state index is 12.2. The molecule has 3 aromatic carbocycles. The lowest BCUT2D eigenvalue weighted by Gasteiger charge is -2.15. The molecule has 0 saturated heterocycles. The van der Waals surface area contributed by atoms with Crippen LogP contribution in [0.3, 0.4) is 0 Å².